The van der Waals surface area contributed by atoms with E-state index in [4.69, 9.17) is 5.11 Å². The Morgan fingerprint density at radius 3 is 2.50 bits per heavy atom. The fourth-order valence-corrected chi connectivity index (χ4v) is 3.08. The van der Waals surface area contributed by atoms with Crippen LogP contribution in [0.25, 0.3) is 0 Å². The van der Waals surface area contributed by atoms with Crippen LogP contribution in [0.1, 0.15) is 48.7 Å². The van der Waals surface area contributed by atoms with Crippen molar-refractivity contribution in [3.63, 3.8) is 0 Å². The van der Waals surface area contributed by atoms with Crippen molar-refractivity contribution in [3.05, 3.63) is 17.0 Å². The molecule has 1 aliphatic rings. The number of amides is 1. The minimum absolute atomic E-state index is 0.0148. The number of anilines is 1. The summed E-state index contributed by atoms with van der Waals surface area (Å²) >= 11 is 1.10. The largest absolute Gasteiger partial charge is 0.477 e. The van der Waals surface area contributed by atoms with Crippen LogP contribution in [0.5, 0.6) is 0 Å². The van der Waals surface area contributed by atoms with Crippen LogP contribution in [0, 0.1) is 5.41 Å². The molecule has 1 saturated carbocycles. The molecule has 0 bridgehead atoms. The highest BCUT2D eigenvalue weighted by molar-refractivity contribution is 7.18. The molecule has 2 rings (SSSR count). The third-order valence-corrected chi connectivity index (χ3v) is 4.55. The molecule has 5 heteroatoms. The molecule has 0 saturated heterocycles. The Bertz CT molecular complexity index is 461. The summed E-state index contributed by atoms with van der Waals surface area (Å²) in [6.07, 6.45) is 5.21. The summed E-state index contributed by atoms with van der Waals surface area (Å²) in [5.74, 6) is -0.939. The number of carbonyl (C=O) groups is 2. The molecule has 18 heavy (non-hydrogen) atoms. The number of rotatable bonds is 3. The number of aromatic carboxylic acids is 1. The SMILES string of the molecule is CC1(C(=O)Nc2ccc(C(=O)O)s2)CCCCC1. The van der Waals surface area contributed by atoms with Crippen molar-refractivity contribution in [2.45, 2.75) is 39.0 Å². The van der Waals surface area contributed by atoms with E-state index in [0.717, 1.165) is 37.0 Å². The van der Waals surface area contributed by atoms with Crippen molar-refractivity contribution in [1.82, 2.24) is 0 Å². The van der Waals surface area contributed by atoms with E-state index >= 15 is 0 Å². The second-order valence-corrected chi connectivity index (χ2v) is 6.13. The van der Waals surface area contributed by atoms with E-state index in [-0.39, 0.29) is 16.2 Å². The van der Waals surface area contributed by atoms with Gasteiger partial charge < -0.3 is 10.4 Å². The molecule has 1 aromatic heterocycles. The van der Waals surface area contributed by atoms with E-state index in [1.165, 1.54) is 12.5 Å². The van der Waals surface area contributed by atoms with Crippen LogP contribution < -0.4 is 5.32 Å². The third kappa shape index (κ3) is 2.72. The summed E-state index contributed by atoms with van der Waals surface area (Å²) < 4.78 is 0. The normalized spacial score (nSPS) is 18.3. The van der Waals surface area contributed by atoms with Gasteiger partial charge in [0.1, 0.15) is 4.88 Å². The predicted molar refractivity (Wildman–Crippen MR) is 71.1 cm³/mol. The lowest BCUT2D eigenvalue weighted by Crippen LogP contribution is -2.35. The van der Waals surface area contributed by atoms with Gasteiger partial charge in [-0.25, -0.2) is 4.79 Å². The fraction of sp³-hybridized carbons (Fsp3) is 0.538. The Morgan fingerprint density at radius 1 is 1.28 bits per heavy atom. The second kappa shape index (κ2) is 5.10. The summed E-state index contributed by atoms with van der Waals surface area (Å²) in [5, 5.41) is 12.3. The molecule has 0 aromatic carbocycles. The fourth-order valence-electron chi connectivity index (χ4n) is 2.34. The van der Waals surface area contributed by atoms with Gasteiger partial charge in [0.15, 0.2) is 0 Å². The average Bonchev–Trinajstić information content (AvgIpc) is 2.78. The number of thiophene rings is 1. The van der Waals surface area contributed by atoms with Crippen LogP contribution in [0.2, 0.25) is 0 Å². The first-order valence-corrected chi connectivity index (χ1v) is 6.97. The summed E-state index contributed by atoms with van der Waals surface area (Å²) in [6, 6.07) is 3.17. The van der Waals surface area contributed by atoms with E-state index in [2.05, 4.69) is 5.32 Å². The number of nitrogens with one attached hydrogen (secondary N) is 1. The van der Waals surface area contributed by atoms with Crippen LogP contribution in [-0.4, -0.2) is 17.0 Å². The third-order valence-electron chi connectivity index (χ3n) is 3.56. The first-order chi connectivity index (χ1) is 8.51. The van der Waals surface area contributed by atoms with Crippen LogP contribution in [0.4, 0.5) is 5.00 Å². The zero-order valence-electron chi connectivity index (χ0n) is 10.4. The number of hydrogen-bond acceptors (Lipinski definition) is 3. The van der Waals surface area contributed by atoms with Crippen molar-refractivity contribution in [3.8, 4) is 0 Å². The van der Waals surface area contributed by atoms with Gasteiger partial charge in [0, 0.05) is 5.41 Å². The van der Waals surface area contributed by atoms with Crippen LogP contribution >= 0.6 is 11.3 Å². The molecule has 1 aliphatic carbocycles. The topological polar surface area (TPSA) is 66.4 Å². The molecule has 4 nitrogen and oxygen atoms in total. The first-order valence-electron chi connectivity index (χ1n) is 6.16. The molecule has 2 N–H and O–H groups in total. The van der Waals surface area contributed by atoms with Gasteiger partial charge in [-0.15, -0.1) is 11.3 Å². The number of carboxylic acids is 1. The Hall–Kier alpha value is -1.36. The van der Waals surface area contributed by atoms with Gasteiger partial charge in [-0.05, 0) is 25.0 Å². The summed E-state index contributed by atoms with van der Waals surface area (Å²) in [4.78, 5) is 23.2. The molecule has 1 aromatic rings. The van der Waals surface area contributed by atoms with Crippen LogP contribution in [-0.2, 0) is 4.79 Å². The zero-order valence-corrected chi connectivity index (χ0v) is 11.2. The second-order valence-electron chi connectivity index (χ2n) is 5.04. The molecular formula is C13H17NO3S. The van der Waals surface area contributed by atoms with Gasteiger partial charge in [-0.2, -0.15) is 0 Å². The minimum Gasteiger partial charge on any atom is -0.477 e. The monoisotopic (exact) mass is 267 g/mol. The van der Waals surface area contributed by atoms with E-state index in [9.17, 15) is 9.59 Å². The van der Waals surface area contributed by atoms with E-state index in [0.29, 0.717) is 5.00 Å². The van der Waals surface area contributed by atoms with Crippen molar-refractivity contribution >= 4 is 28.2 Å². The maximum Gasteiger partial charge on any atom is 0.345 e. The Kier molecular flexibility index (Phi) is 3.71. The van der Waals surface area contributed by atoms with Gasteiger partial charge in [0.25, 0.3) is 0 Å². The van der Waals surface area contributed by atoms with E-state index in [1.807, 2.05) is 6.92 Å². The lowest BCUT2D eigenvalue weighted by molar-refractivity contribution is -0.126. The highest BCUT2D eigenvalue weighted by Gasteiger charge is 2.34. The quantitative estimate of drug-likeness (QED) is 0.882. The summed E-state index contributed by atoms with van der Waals surface area (Å²) in [7, 11) is 0. The molecule has 98 valence electrons. The van der Waals surface area contributed by atoms with Crippen molar-refractivity contribution < 1.29 is 14.7 Å². The Morgan fingerprint density at radius 2 is 1.94 bits per heavy atom. The highest BCUT2D eigenvalue weighted by atomic mass is 32.1. The molecule has 0 radical (unpaired) electrons. The summed E-state index contributed by atoms with van der Waals surface area (Å²) in [5.41, 5.74) is -0.300. The molecule has 0 atom stereocenters. The van der Waals surface area contributed by atoms with Crippen LogP contribution in [0.3, 0.4) is 0 Å². The van der Waals surface area contributed by atoms with Crippen LogP contribution in [0.15, 0.2) is 12.1 Å². The predicted octanol–water partition coefficient (Wildman–Crippen LogP) is 3.36. The molecule has 0 spiro atoms. The van der Waals surface area contributed by atoms with Gasteiger partial charge >= 0.3 is 5.97 Å². The number of carbonyl (C=O) groups excluding carboxylic acids is 1. The van der Waals surface area contributed by atoms with Gasteiger partial charge in [-0.1, -0.05) is 26.2 Å². The van der Waals surface area contributed by atoms with Gasteiger partial charge in [0.05, 0.1) is 5.00 Å². The Balaban J connectivity index is 2.03. The smallest absolute Gasteiger partial charge is 0.345 e. The van der Waals surface area contributed by atoms with Gasteiger partial charge in [0.2, 0.25) is 5.91 Å². The standard InChI is InChI=1S/C13H17NO3S/c1-13(7-3-2-4-8-13)12(17)14-10-6-5-9(18-10)11(15)16/h5-6H,2-4,7-8H2,1H3,(H,14,17)(H,15,16). The molecule has 0 unspecified atom stereocenters. The van der Waals surface area contributed by atoms with E-state index < -0.39 is 5.97 Å². The van der Waals surface area contributed by atoms with Crippen molar-refractivity contribution in [1.29, 1.82) is 0 Å². The minimum atomic E-state index is -0.954. The lowest BCUT2D eigenvalue weighted by atomic mass is 9.75. The average molecular weight is 267 g/mol. The highest BCUT2D eigenvalue weighted by Crippen LogP contribution is 2.37. The van der Waals surface area contributed by atoms with Crippen molar-refractivity contribution in [2.75, 3.05) is 5.32 Å². The maximum atomic E-state index is 12.2. The number of carboxylic acid groups (broad SMARTS) is 1. The molecule has 1 fully saturated rings. The summed E-state index contributed by atoms with van der Waals surface area (Å²) in [6.45, 7) is 1.99. The maximum absolute atomic E-state index is 12.2. The van der Waals surface area contributed by atoms with Gasteiger partial charge in [-0.3, -0.25) is 4.79 Å². The lowest BCUT2D eigenvalue weighted by Gasteiger charge is -2.31. The molecular weight excluding hydrogens is 250 g/mol. The Labute approximate surface area is 110 Å². The zero-order chi connectivity index (χ0) is 13.2. The molecule has 1 amide bonds. The molecule has 0 aliphatic heterocycles. The molecule has 1 heterocycles. The van der Waals surface area contributed by atoms with E-state index in [1.54, 1.807) is 6.07 Å². The first kappa shape index (κ1) is 13.1. The number of hydrogen-bond donors (Lipinski definition) is 2. The van der Waals surface area contributed by atoms with Crippen molar-refractivity contribution in [2.24, 2.45) is 5.41 Å².